The minimum atomic E-state index is -0.408. The second kappa shape index (κ2) is 14.0. The standard InChI is InChI=1S/C28H35N3O2/c29-21-23(22-30-24-13-9-6-4-2-1-3-5-7-10-14-24)28(32)31-25-17-19-27(20-18-25)33-26-15-11-8-12-16-26/h8,11-12,15-20,22,24,30H,1-7,9-10,13-14H2,(H,31,32)/b23-22-. The fourth-order valence-corrected chi connectivity index (χ4v) is 4.11. The van der Waals surface area contributed by atoms with Crippen LogP contribution in [-0.2, 0) is 4.79 Å². The molecular formula is C28H35N3O2. The number of anilines is 1. The van der Waals surface area contributed by atoms with Gasteiger partial charge in [0.25, 0.3) is 5.91 Å². The van der Waals surface area contributed by atoms with Crippen molar-refractivity contribution in [3.05, 3.63) is 66.4 Å². The minimum Gasteiger partial charge on any atom is -0.457 e. The van der Waals surface area contributed by atoms with Crippen molar-refractivity contribution in [2.45, 2.75) is 76.7 Å². The first kappa shape index (κ1) is 24.4. The number of para-hydroxylation sites is 1. The van der Waals surface area contributed by atoms with E-state index in [2.05, 4.69) is 10.6 Å². The molecule has 0 spiro atoms. The SMILES string of the molecule is N#C/C(=C/NC1CCCCCCCCCCC1)C(=O)Nc1ccc(Oc2ccccc2)cc1. The molecule has 0 heterocycles. The molecule has 5 heteroatoms. The maximum atomic E-state index is 12.6. The van der Waals surface area contributed by atoms with E-state index in [-0.39, 0.29) is 5.57 Å². The number of amides is 1. The molecule has 0 radical (unpaired) electrons. The van der Waals surface area contributed by atoms with Crippen LogP contribution in [0.4, 0.5) is 5.69 Å². The lowest BCUT2D eigenvalue weighted by molar-refractivity contribution is -0.112. The summed E-state index contributed by atoms with van der Waals surface area (Å²) in [5, 5.41) is 15.7. The average Bonchev–Trinajstić information content (AvgIpc) is 2.83. The highest BCUT2D eigenvalue weighted by atomic mass is 16.5. The number of nitrogens with one attached hydrogen (secondary N) is 2. The van der Waals surface area contributed by atoms with Gasteiger partial charge in [-0.25, -0.2) is 0 Å². The Balaban J connectivity index is 1.53. The van der Waals surface area contributed by atoms with E-state index in [0.717, 1.165) is 18.6 Å². The van der Waals surface area contributed by atoms with E-state index in [0.29, 0.717) is 17.5 Å². The fraction of sp³-hybridized carbons (Fsp3) is 0.429. The minimum absolute atomic E-state index is 0.0886. The summed E-state index contributed by atoms with van der Waals surface area (Å²) in [6.07, 6.45) is 15.3. The van der Waals surface area contributed by atoms with Crippen LogP contribution in [0, 0.1) is 11.3 Å². The van der Waals surface area contributed by atoms with Crippen LogP contribution in [-0.4, -0.2) is 11.9 Å². The molecule has 0 saturated heterocycles. The number of carbonyl (C=O) groups excluding carboxylic acids is 1. The number of nitrogens with zero attached hydrogens (tertiary/aromatic N) is 1. The highest BCUT2D eigenvalue weighted by molar-refractivity contribution is 6.06. The predicted molar refractivity (Wildman–Crippen MR) is 133 cm³/mol. The van der Waals surface area contributed by atoms with Crippen LogP contribution < -0.4 is 15.4 Å². The van der Waals surface area contributed by atoms with Crippen molar-refractivity contribution in [2.24, 2.45) is 0 Å². The fourth-order valence-electron chi connectivity index (χ4n) is 4.11. The largest absolute Gasteiger partial charge is 0.457 e. The van der Waals surface area contributed by atoms with Gasteiger partial charge < -0.3 is 15.4 Å². The molecule has 5 nitrogen and oxygen atoms in total. The molecule has 1 amide bonds. The molecular weight excluding hydrogens is 410 g/mol. The van der Waals surface area contributed by atoms with Crippen molar-refractivity contribution in [1.29, 1.82) is 5.26 Å². The Hall–Kier alpha value is -3.26. The maximum absolute atomic E-state index is 12.6. The summed E-state index contributed by atoms with van der Waals surface area (Å²) in [4.78, 5) is 12.6. The molecule has 0 aromatic heterocycles. The molecule has 0 unspecified atom stereocenters. The molecule has 1 aliphatic carbocycles. The van der Waals surface area contributed by atoms with E-state index in [1.165, 1.54) is 57.8 Å². The van der Waals surface area contributed by atoms with Crippen LogP contribution >= 0.6 is 0 Å². The Morgan fingerprint density at radius 3 is 1.94 bits per heavy atom. The summed E-state index contributed by atoms with van der Waals surface area (Å²) in [6.45, 7) is 0. The molecule has 2 aromatic carbocycles. The Morgan fingerprint density at radius 1 is 0.818 bits per heavy atom. The zero-order chi connectivity index (χ0) is 23.1. The number of carbonyl (C=O) groups is 1. The molecule has 0 bridgehead atoms. The number of ether oxygens (including phenoxy) is 1. The lowest BCUT2D eigenvalue weighted by atomic mass is 9.98. The zero-order valence-electron chi connectivity index (χ0n) is 19.4. The highest BCUT2D eigenvalue weighted by Gasteiger charge is 2.12. The quantitative estimate of drug-likeness (QED) is 0.368. The molecule has 174 valence electrons. The summed E-state index contributed by atoms with van der Waals surface area (Å²) in [5.74, 6) is 1.02. The van der Waals surface area contributed by atoms with Gasteiger partial charge in [0.15, 0.2) is 0 Å². The maximum Gasteiger partial charge on any atom is 0.267 e. The molecule has 1 aliphatic rings. The van der Waals surface area contributed by atoms with Crippen molar-refractivity contribution < 1.29 is 9.53 Å². The number of nitriles is 1. The van der Waals surface area contributed by atoms with Gasteiger partial charge in [-0.2, -0.15) is 5.26 Å². The first-order chi connectivity index (χ1) is 16.2. The number of rotatable bonds is 6. The Morgan fingerprint density at radius 2 is 1.36 bits per heavy atom. The van der Waals surface area contributed by atoms with Crippen molar-refractivity contribution in [2.75, 3.05) is 5.32 Å². The van der Waals surface area contributed by atoms with Gasteiger partial charge in [0, 0.05) is 17.9 Å². The lowest BCUT2D eigenvalue weighted by Gasteiger charge is -2.18. The van der Waals surface area contributed by atoms with Gasteiger partial charge in [-0.3, -0.25) is 4.79 Å². The lowest BCUT2D eigenvalue weighted by Crippen LogP contribution is -2.26. The molecule has 1 fully saturated rings. The van der Waals surface area contributed by atoms with Gasteiger partial charge in [0.1, 0.15) is 23.1 Å². The van der Waals surface area contributed by atoms with Crippen molar-refractivity contribution >= 4 is 11.6 Å². The van der Waals surface area contributed by atoms with Crippen molar-refractivity contribution in [1.82, 2.24) is 5.32 Å². The van der Waals surface area contributed by atoms with Crippen LogP contribution in [0.2, 0.25) is 0 Å². The summed E-state index contributed by atoms with van der Waals surface area (Å²) >= 11 is 0. The number of hydrogen-bond acceptors (Lipinski definition) is 4. The number of benzene rings is 2. The van der Waals surface area contributed by atoms with E-state index < -0.39 is 5.91 Å². The smallest absolute Gasteiger partial charge is 0.267 e. The summed E-state index contributed by atoms with van der Waals surface area (Å²) in [5.41, 5.74) is 0.707. The Kier molecular flexibility index (Phi) is 10.3. The third-order valence-corrected chi connectivity index (χ3v) is 6.02. The van der Waals surface area contributed by atoms with Gasteiger partial charge >= 0.3 is 0 Å². The van der Waals surface area contributed by atoms with E-state index in [4.69, 9.17) is 4.74 Å². The van der Waals surface area contributed by atoms with Gasteiger partial charge in [-0.05, 0) is 49.2 Å². The predicted octanol–water partition coefficient (Wildman–Crippen LogP) is 7.09. The molecule has 0 atom stereocenters. The molecule has 2 N–H and O–H groups in total. The van der Waals surface area contributed by atoms with Crippen molar-refractivity contribution in [3.8, 4) is 17.6 Å². The van der Waals surface area contributed by atoms with Crippen molar-refractivity contribution in [3.63, 3.8) is 0 Å². The normalized spacial score (nSPS) is 16.5. The van der Waals surface area contributed by atoms with Crippen LogP contribution in [0.1, 0.15) is 70.6 Å². The molecule has 3 rings (SSSR count). The first-order valence-electron chi connectivity index (χ1n) is 12.3. The van der Waals surface area contributed by atoms with Gasteiger partial charge in [0.05, 0.1) is 0 Å². The first-order valence-corrected chi connectivity index (χ1v) is 12.3. The third kappa shape index (κ3) is 9.02. The van der Waals surface area contributed by atoms with E-state index >= 15 is 0 Å². The van der Waals surface area contributed by atoms with Crippen LogP contribution in [0.25, 0.3) is 0 Å². The molecule has 0 aliphatic heterocycles. The molecule has 2 aromatic rings. The average molecular weight is 446 g/mol. The van der Waals surface area contributed by atoms with E-state index in [1.54, 1.807) is 30.5 Å². The third-order valence-electron chi connectivity index (χ3n) is 6.02. The van der Waals surface area contributed by atoms with E-state index in [1.807, 2.05) is 36.4 Å². The number of hydrogen-bond donors (Lipinski definition) is 2. The van der Waals surface area contributed by atoms with Crippen LogP contribution in [0.3, 0.4) is 0 Å². The van der Waals surface area contributed by atoms with Crippen LogP contribution in [0.15, 0.2) is 66.4 Å². The Labute approximate surface area is 197 Å². The summed E-state index contributed by atoms with van der Waals surface area (Å²) in [6, 6.07) is 19.0. The second-order valence-electron chi connectivity index (χ2n) is 8.69. The second-order valence-corrected chi connectivity index (χ2v) is 8.69. The highest BCUT2D eigenvalue weighted by Crippen LogP contribution is 2.23. The van der Waals surface area contributed by atoms with E-state index in [9.17, 15) is 10.1 Å². The van der Waals surface area contributed by atoms with Gasteiger partial charge in [-0.15, -0.1) is 0 Å². The summed E-state index contributed by atoms with van der Waals surface area (Å²) in [7, 11) is 0. The van der Waals surface area contributed by atoms with Gasteiger partial charge in [-0.1, -0.05) is 76.0 Å². The Bertz CT molecular complexity index is 904. The summed E-state index contributed by atoms with van der Waals surface area (Å²) < 4.78 is 5.78. The topological polar surface area (TPSA) is 74.2 Å². The molecule has 33 heavy (non-hydrogen) atoms. The monoisotopic (exact) mass is 445 g/mol. The van der Waals surface area contributed by atoms with Gasteiger partial charge in [0.2, 0.25) is 0 Å². The molecule has 1 saturated carbocycles. The zero-order valence-corrected chi connectivity index (χ0v) is 19.4. The van der Waals surface area contributed by atoms with Crippen LogP contribution in [0.5, 0.6) is 11.5 Å².